The lowest BCUT2D eigenvalue weighted by atomic mass is 9.96. The summed E-state index contributed by atoms with van der Waals surface area (Å²) >= 11 is 0. The van der Waals surface area contributed by atoms with Crippen LogP contribution in [0.15, 0.2) is 49.1 Å². The van der Waals surface area contributed by atoms with Crippen LogP contribution in [0.25, 0.3) is 10.8 Å². The first-order valence-corrected chi connectivity index (χ1v) is 9.67. The number of pyridine rings is 1. The number of benzene rings is 1. The standard InChI is InChI=1S/C22H27N5/c1-17-10-25-21(13-24-17)16-27-8-7-26(2)14-18(15-27)9-20-12-23-11-19-5-3-4-6-22(19)20/h3-6,10-13,18H,7-9,14-16H2,1-2H3. The summed E-state index contributed by atoms with van der Waals surface area (Å²) in [6.07, 6.45) is 8.82. The molecule has 0 radical (unpaired) electrons. The van der Waals surface area contributed by atoms with Crippen molar-refractivity contribution < 1.29 is 0 Å². The molecule has 3 heterocycles. The molecule has 27 heavy (non-hydrogen) atoms. The zero-order valence-corrected chi connectivity index (χ0v) is 16.2. The van der Waals surface area contributed by atoms with Gasteiger partial charge in [0.1, 0.15) is 0 Å². The first-order valence-electron chi connectivity index (χ1n) is 9.67. The normalized spacial score (nSPS) is 19.3. The van der Waals surface area contributed by atoms with E-state index in [4.69, 9.17) is 0 Å². The maximum Gasteiger partial charge on any atom is 0.0727 e. The molecule has 0 bridgehead atoms. The van der Waals surface area contributed by atoms with Crippen molar-refractivity contribution in [1.82, 2.24) is 24.8 Å². The first-order chi connectivity index (χ1) is 13.2. The summed E-state index contributed by atoms with van der Waals surface area (Å²) in [6.45, 7) is 7.18. The minimum atomic E-state index is 0.573. The van der Waals surface area contributed by atoms with Crippen LogP contribution < -0.4 is 0 Å². The summed E-state index contributed by atoms with van der Waals surface area (Å²) in [5, 5.41) is 2.55. The summed E-state index contributed by atoms with van der Waals surface area (Å²) in [5.74, 6) is 0.573. The molecule has 1 fully saturated rings. The molecule has 3 aromatic rings. The van der Waals surface area contributed by atoms with Gasteiger partial charge in [0.05, 0.1) is 11.4 Å². The van der Waals surface area contributed by atoms with Gasteiger partial charge in [-0.1, -0.05) is 24.3 Å². The highest BCUT2D eigenvalue weighted by atomic mass is 15.2. The molecule has 2 aromatic heterocycles. The summed E-state index contributed by atoms with van der Waals surface area (Å²) in [4.78, 5) is 18.4. The number of hydrogen-bond acceptors (Lipinski definition) is 5. The summed E-state index contributed by atoms with van der Waals surface area (Å²) < 4.78 is 0. The SMILES string of the molecule is Cc1cnc(CN2CCN(C)CC(Cc3cncc4ccccc34)C2)cn1. The average molecular weight is 361 g/mol. The molecule has 1 aliphatic rings. The van der Waals surface area contributed by atoms with E-state index < -0.39 is 0 Å². The van der Waals surface area contributed by atoms with E-state index in [0.29, 0.717) is 5.92 Å². The third kappa shape index (κ3) is 4.49. The number of rotatable bonds is 4. The molecule has 1 aromatic carbocycles. The predicted molar refractivity (Wildman–Crippen MR) is 108 cm³/mol. The zero-order chi connectivity index (χ0) is 18.6. The van der Waals surface area contributed by atoms with Crippen molar-refractivity contribution >= 4 is 10.8 Å². The summed E-state index contributed by atoms with van der Waals surface area (Å²) in [7, 11) is 2.23. The maximum atomic E-state index is 4.54. The molecular formula is C22H27N5. The Balaban J connectivity index is 1.51. The van der Waals surface area contributed by atoms with Crippen LogP contribution in [0, 0.1) is 12.8 Å². The van der Waals surface area contributed by atoms with Gasteiger partial charge in [-0.3, -0.25) is 19.9 Å². The smallest absolute Gasteiger partial charge is 0.0727 e. The van der Waals surface area contributed by atoms with Gasteiger partial charge in [0, 0.05) is 62.9 Å². The van der Waals surface area contributed by atoms with Gasteiger partial charge in [-0.2, -0.15) is 0 Å². The molecule has 1 saturated heterocycles. The second-order valence-corrected chi connectivity index (χ2v) is 7.74. The topological polar surface area (TPSA) is 45.2 Å². The van der Waals surface area contributed by atoms with Crippen molar-refractivity contribution in [3.8, 4) is 0 Å². The Kier molecular flexibility index (Phi) is 5.41. The monoisotopic (exact) mass is 361 g/mol. The molecular weight excluding hydrogens is 334 g/mol. The highest BCUT2D eigenvalue weighted by Crippen LogP contribution is 2.22. The lowest BCUT2D eigenvalue weighted by Gasteiger charge is -2.24. The van der Waals surface area contributed by atoms with Gasteiger partial charge in [-0.15, -0.1) is 0 Å². The molecule has 0 spiro atoms. The van der Waals surface area contributed by atoms with Crippen molar-refractivity contribution in [2.45, 2.75) is 19.9 Å². The Labute approximate surface area is 161 Å². The molecule has 1 aliphatic heterocycles. The minimum Gasteiger partial charge on any atom is -0.305 e. The Morgan fingerprint density at radius 2 is 1.89 bits per heavy atom. The highest BCUT2D eigenvalue weighted by Gasteiger charge is 2.22. The highest BCUT2D eigenvalue weighted by molar-refractivity contribution is 5.84. The van der Waals surface area contributed by atoms with Gasteiger partial charge in [0.2, 0.25) is 0 Å². The van der Waals surface area contributed by atoms with Gasteiger partial charge in [-0.05, 0) is 37.3 Å². The first kappa shape index (κ1) is 18.0. The van der Waals surface area contributed by atoms with Crippen LogP contribution in [-0.4, -0.2) is 58.0 Å². The Morgan fingerprint density at radius 1 is 1.00 bits per heavy atom. The molecule has 140 valence electrons. The van der Waals surface area contributed by atoms with E-state index >= 15 is 0 Å². The Bertz CT molecular complexity index is 887. The quantitative estimate of drug-likeness (QED) is 0.715. The van der Waals surface area contributed by atoms with Crippen LogP contribution in [0.3, 0.4) is 0 Å². The maximum absolute atomic E-state index is 4.54. The van der Waals surface area contributed by atoms with Crippen LogP contribution in [0.5, 0.6) is 0 Å². The molecule has 4 rings (SSSR count). The second kappa shape index (κ2) is 8.11. The zero-order valence-electron chi connectivity index (χ0n) is 16.2. The van der Waals surface area contributed by atoms with Crippen LogP contribution >= 0.6 is 0 Å². The van der Waals surface area contributed by atoms with Crippen molar-refractivity contribution in [1.29, 1.82) is 0 Å². The third-order valence-electron chi connectivity index (χ3n) is 5.36. The van der Waals surface area contributed by atoms with Crippen LogP contribution in [-0.2, 0) is 13.0 Å². The lowest BCUT2D eigenvalue weighted by Crippen LogP contribution is -2.31. The minimum absolute atomic E-state index is 0.573. The van der Waals surface area contributed by atoms with Gasteiger partial charge in [0.15, 0.2) is 0 Å². The fourth-order valence-electron chi connectivity index (χ4n) is 4.01. The molecule has 0 N–H and O–H groups in total. The second-order valence-electron chi connectivity index (χ2n) is 7.74. The number of aromatic nitrogens is 3. The molecule has 1 atom stereocenters. The van der Waals surface area contributed by atoms with E-state index in [1.807, 2.05) is 31.7 Å². The predicted octanol–water partition coefficient (Wildman–Crippen LogP) is 2.94. The molecule has 0 aliphatic carbocycles. The number of fused-ring (bicyclic) bond motifs is 1. The van der Waals surface area contributed by atoms with Gasteiger partial charge < -0.3 is 4.90 Å². The third-order valence-corrected chi connectivity index (χ3v) is 5.36. The number of aryl methyl sites for hydroxylation is 1. The largest absolute Gasteiger partial charge is 0.305 e. The van der Waals surface area contributed by atoms with Crippen molar-refractivity contribution in [3.63, 3.8) is 0 Å². The van der Waals surface area contributed by atoms with Crippen molar-refractivity contribution in [3.05, 3.63) is 66.0 Å². The molecule has 0 saturated carbocycles. The molecule has 1 unspecified atom stereocenters. The number of likely N-dealkylation sites (N-methyl/N-ethyl adjacent to an activating group) is 1. The van der Waals surface area contributed by atoms with Crippen LogP contribution in [0.1, 0.15) is 17.0 Å². The molecule has 5 heteroatoms. The van der Waals surface area contributed by atoms with Gasteiger partial charge in [-0.25, -0.2) is 0 Å². The van der Waals surface area contributed by atoms with E-state index in [-0.39, 0.29) is 0 Å². The molecule has 5 nitrogen and oxygen atoms in total. The van der Waals surface area contributed by atoms with E-state index in [2.05, 4.69) is 56.1 Å². The average Bonchev–Trinajstić information content (AvgIpc) is 2.85. The van der Waals surface area contributed by atoms with E-state index in [0.717, 1.165) is 50.5 Å². The van der Waals surface area contributed by atoms with Crippen molar-refractivity contribution in [2.24, 2.45) is 5.92 Å². The van der Waals surface area contributed by atoms with E-state index in [9.17, 15) is 0 Å². The molecule has 0 amide bonds. The summed E-state index contributed by atoms with van der Waals surface area (Å²) in [6, 6.07) is 8.56. The Morgan fingerprint density at radius 3 is 2.74 bits per heavy atom. The number of hydrogen-bond donors (Lipinski definition) is 0. The van der Waals surface area contributed by atoms with Gasteiger partial charge in [0.25, 0.3) is 0 Å². The fraction of sp³-hybridized carbons (Fsp3) is 0.409. The Hall–Kier alpha value is -2.37. The van der Waals surface area contributed by atoms with Crippen molar-refractivity contribution in [2.75, 3.05) is 33.2 Å². The van der Waals surface area contributed by atoms with E-state index in [1.54, 1.807) is 0 Å². The fourth-order valence-corrected chi connectivity index (χ4v) is 4.01. The lowest BCUT2D eigenvalue weighted by molar-refractivity contribution is 0.246. The van der Waals surface area contributed by atoms with Crippen LogP contribution in [0.2, 0.25) is 0 Å². The summed E-state index contributed by atoms with van der Waals surface area (Å²) in [5.41, 5.74) is 3.37. The number of nitrogens with zero attached hydrogens (tertiary/aromatic N) is 5. The van der Waals surface area contributed by atoms with Crippen LogP contribution in [0.4, 0.5) is 0 Å². The van der Waals surface area contributed by atoms with Gasteiger partial charge >= 0.3 is 0 Å². The van der Waals surface area contributed by atoms with E-state index in [1.165, 1.54) is 16.3 Å².